The molecule has 0 spiro atoms. The summed E-state index contributed by atoms with van der Waals surface area (Å²) >= 11 is 0. The minimum Gasteiger partial charge on any atom is -0.396 e. The van der Waals surface area contributed by atoms with Crippen LogP contribution in [0.4, 0.5) is 0 Å². The van der Waals surface area contributed by atoms with E-state index < -0.39 is 0 Å². The smallest absolute Gasteiger partial charge is 0.0523 e. The molecule has 0 bridgehead atoms. The highest BCUT2D eigenvalue weighted by atomic mass is 16.2. The predicted molar refractivity (Wildman–Crippen MR) is 38.8 cm³/mol. The summed E-state index contributed by atoms with van der Waals surface area (Å²) in [5, 5.41) is 15.4. The van der Waals surface area contributed by atoms with E-state index in [9.17, 15) is 0 Å². The maximum absolute atomic E-state index is 8.62. The minimum atomic E-state index is 0.201. The van der Waals surface area contributed by atoms with Crippen LogP contribution < -0.4 is 0 Å². The molecule has 3 heteroatoms. The van der Waals surface area contributed by atoms with Gasteiger partial charge >= 0.3 is 0 Å². The van der Waals surface area contributed by atoms with Crippen LogP contribution in [0.2, 0.25) is 0 Å². The van der Waals surface area contributed by atoms with Crippen LogP contribution >= 0.6 is 0 Å². The Morgan fingerprint density at radius 3 is 3.10 bits per heavy atom. The minimum absolute atomic E-state index is 0.201. The zero-order chi connectivity index (χ0) is 7.40. The van der Waals surface area contributed by atoms with Gasteiger partial charge in [0.25, 0.3) is 0 Å². The number of nitrogens with one attached hydrogen (secondary N) is 1. The van der Waals surface area contributed by atoms with Gasteiger partial charge in [0.15, 0.2) is 0 Å². The average molecular weight is 140 g/mol. The van der Waals surface area contributed by atoms with Crippen LogP contribution in [0, 0.1) is 0 Å². The van der Waals surface area contributed by atoms with Crippen molar-refractivity contribution in [2.75, 3.05) is 6.61 Å². The first-order valence-corrected chi connectivity index (χ1v) is 3.50. The second-order valence-corrected chi connectivity index (χ2v) is 2.20. The number of rotatable bonds is 3. The summed E-state index contributed by atoms with van der Waals surface area (Å²) in [6, 6.07) is 0. The molecule has 10 heavy (non-hydrogen) atoms. The van der Waals surface area contributed by atoms with Gasteiger partial charge in [-0.25, -0.2) is 0 Å². The highest BCUT2D eigenvalue weighted by Crippen LogP contribution is 2.04. The highest BCUT2D eigenvalue weighted by molar-refractivity contribution is 5.15. The molecule has 1 rings (SSSR count). The van der Waals surface area contributed by atoms with Crippen LogP contribution in [-0.4, -0.2) is 21.9 Å². The number of aromatic amines is 1. The van der Waals surface area contributed by atoms with Gasteiger partial charge in [-0.3, -0.25) is 5.10 Å². The lowest BCUT2D eigenvalue weighted by Gasteiger charge is -1.94. The fourth-order valence-electron chi connectivity index (χ4n) is 0.980. The van der Waals surface area contributed by atoms with E-state index in [1.165, 1.54) is 0 Å². The van der Waals surface area contributed by atoms with Crippen molar-refractivity contribution >= 4 is 0 Å². The number of aliphatic hydroxyl groups excluding tert-OH is 1. The summed E-state index contributed by atoms with van der Waals surface area (Å²) in [6.07, 6.45) is 3.43. The predicted octanol–water partition coefficient (Wildman–Crippen LogP) is 0.507. The van der Waals surface area contributed by atoms with E-state index in [0.29, 0.717) is 6.42 Å². The van der Waals surface area contributed by atoms with Crippen molar-refractivity contribution in [1.29, 1.82) is 0 Å². The van der Waals surface area contributed by atoms with Crippen molar-refractivity contribution in [1.82, 2.24) is 10.2 Å². The molecule has 0 aromatic carbocycles. The van der Waals surface area contributed by atoms with E-state index in [4.69, 9.17) is 5.11 Å². The molecule has 0 fully saturated rings. The van der Waals surface area contributed by atoms with E-state index >= 15 is 0 Å². The molecule has 0 aliphatic rings. The number of aromatic nitrogens is 2. The van der Waals surface area contributed by atoms with Crippen LogP contribution in [0.3, 0.4) is 0 Å². The molecule has 1 aromatic rings. The molecular weight excluding hydrogens is 128 g/mol. The third-order valence-corrected chi connectivity index (χ3v) is 1.54. The van der Waals surface area contributed by atoms with Crippen LogP contribution in [0.25, 0.3) is 0 Å². The molecule has 0 unspecified atom stereocenters. The molecular formula is C7H12N2O. The summed E-state index contributed by atoms with van der Waals surface area (Å²) < 4.78 is 0. The van der Waals surface area contributed by atoms with Crippen molar-refractivity contribution in [3.05, 3.63) is 17.5 Å². The van der Waals surface area contributed by atoms with Crippen LogP contribution in [0.5, 0.6) is 0 Å². The van der Waals surface area contributed by atoms with Crippen molar-refractivity contribution in [2.45, 2.75) is 19.8 Å². The Morgan fingerprint density at radius 2 is 2.50 bits per heavy atom. The number of aryl methyl sites for hydroxylation is 1. The van der Waals surface area contributed by atoms with Crippen molar-refractivity contribution in [3.8, 4) is 0 Å². The van der Waals surface area contributed by atoms with E-state index in [2.05, 4.69) is 17.1 Å². The maximum Gasteiger partial charge on any atom is 0.0523 e. The lowest BCUT2D eigenvalue weighted by Crippen LogP contribution is -1.93. The molecule has 3 nitrogen and oxygen atoms in total. The summed E-state index contributed by atoms with van der Waals surface area (Å²) in [7, 11) is 0. The Labute approximate surface area is 60.1 Å². The lowest BCUT2D eigenvalue weighted by atomic mass is 10.1. The Kier molecular flexibility index (Phi) is 2.45. The largest absolute Gasteiger partial charge is 0.396 e. The number of nitrogens with zero attached hydrogens (tertiary/aromatic N) is 1. The van der Waals surface area contributed by atoms with Gasteiger partial charge in [0.1, 0.15) is 0 Å². The Morgan fingerprint density at radius 1 is 1.70 bits per heavy atom. The molecule has 1 heterocycles. The molecule has 0 radical (unpaired) electrons. The summed E-state index contributed by atoms with van der Waals surface area (Å²) in [5.74, 6) is 0. The quantitative estimate of drug-likeness (QED) is 0.642. The second-order valence-electron chi connectivity index (χ2n) is 2.20. The molecule has 1 aromatic heterocycles. The van der Waals surface area contributed by atoms with Crippen LogP contribution in [-0.2, 0) is 12.8 Å². The van der Waals surface area contributed by atoms with Crippen LogP contribution in [0.1, 0.15) is 18.2 Å². The SMILES string of the molecule is CCc1[nH]ncc1CCO. The van der Waals surface area contributed by atoms with Crippen molar-refractivity contribution in [3.63, 3.8) is 0 Å². The normalized spacial score (nSPS) is 10.2. The fourth-order valence-corrected chi connectivity index (χ4v) is 0.980. The summed E-state index contributed by atoms with van der Waals surface area (Å²) in [6.45, 7) is 2.26. The Hall–Kier alpha value is -0.830. The average Bonchev–Trinajstić information content (AvgIpc) is 2.36. The lowest BCUT2D eigenvalue weighted by molar-refractivity contribution is 0.299. The molecule has 0 aliphatic carbocycles. The van der Waals surface area contributed by atoms with E-state index in [1.807, 2.05) is 0 Å². The Bertz CT molecular complexity index is 195. The molecule has 0 atom stereocenters. The highest BCUT2D eigenvalue weighted by Gasteiger charge is 2.00. The second kappa shape index (κ2) is 3.37. The first kappa shape index (κ1) is 7.28. The Balaban J connectivity index is 2.70. The topological polar surface area (TPSA) is 48.9 Å². The number of H-pyrrole nitrogens is 1. The zero-order valence-electron chi connectivity index (χ0n) is 6.09. The van der Waals surface area contributed by atoms with Gasteiger partial charge in [0.2, 0.25) is 0 Å². The van der Waals surface area contributed by atoms with Crippen molar-refractivity contribution in [2.24, 2.45) is 0 Å². The van der Waals surface area contributed by atoms with Gasteiger partial charge in [-0.05, 0) is 18.4 Å². The fraction of sp³-hybridized carbons (Fsp3) is 0.571. The first-order valence-electron chi connectivity index (χ1n) is 3.50. The van der Waals surface area contributed by atoms with Gasteiger partial charge in [-0.15, -0.1) is 0 Å². The number of hydrogen-bond acceptors (Lipinski definition) is 2. The van der Waals surface area contributed by atoms with Gasteiger partial charge < -0.3 is 5.11 Å². The molecule has 2 N–H and O–H groups in total. The molecule has 0 aliphatic heterocycles. The summed E-state index contributed by atoms with van der Waals surface area (Å²) in [5.41, 5.74) is 2.26. The first-order chi connectivity index (χ1) is 4.88. The zero-order valence-corrected chi connectivity index (χ0v) is 6.09. The number of aliphatic hydroxyl groups is 1. The molecule has 0 amide bonds. The molecule has 56 valence electrons. The van der Waals surface area contributed by atoms with Crippen LogP contribution in [0.15, 0.2) is 6.20 Å². The standard InChI is InChI=1S/C7H12N2O/c1-2-7-6(3-4-10)5-8-9-7/h5,10H,2-4H2,1H3,(H,8,9). The maximum atomic E-state index is 8.62. The molecule has 0 saturated heterocycles. The van der Waals surface area contributed by atoms with Gasteiger partial charge in [-0.2, -0.15) is 5.10 Å². The summed E-state index contributed by atoms with van der Waals surface area (Å²) in [4.78, 5) is 0. The molecule has 0 saturated carbocycles. The third kappa shape index (κ3) is 1.36. The van der Waals surface area contributed by atoms with E-state index in [1.54, 1.807) is 6.20 Å². The van der Waals surface area contributed by atoms with Gasteiger partial charge in [-0.1, -0.05) is 6.92 Å². The van der Waals surface area contributed by atoms with E-state index in [0.717, 1.165) is 17.7 Å². The third-order valence-electron chi connectivity index (χ3n) is 1.54. The van der Waals surface area contributed by atoms with Gasteiger partial charge in [0, 0.05) is 12.3 Å². The monoisotopic (exact) mass is 140 g/mol. The number of hydrogen-bond donors (Lipinski definition) is 2. The van der Waals surface area contributed by atoms with E-state index in [-0.39, 0.29) is 6.61 Å². The van der Waals surface area contributed by atoms with Crippen molar-refractivity contribution < 1.29 is 5.11 Å². The van der Waals surface area contributed by atoms with Gasteiger partial charge in [0.05, 0.1) is 6.20 Å².